The number of hydrogen-bond donors (Lipinski definition) is 1. The minimum absolute atomic E-state index is 0.000974. The molecule has 7 nitrogen and oxygen atoms in total. The smallest absolute Gasteiger partial charge is 0.306 e. The summed E-state index contributed by atoms with van der Waals surface area (Å²) in [4.78, 5) is 24.9. The van der Waals surface area contributed by atoms with Crippen molar-refractivity contribution in [2.45, 2.75) is 19.8 Å². The van der Waals surface area contributed by atoms with Crippen LogP contribution in [0, 0.1) is 17.8 Å². The summed E-state index contributed by atoms with van der Waals surface area (Å²) in [5.41, 5.74) is 0. The van der Waals surface area contributed by atoms with Gasteiger partial charge in [-0.25, -0.2) is 12.7 Å². The first kappa shape index (κ1) is 16.2. The summed E-state index contributed by atoms with van der Waals surface area (Å²) >= 11 is 0. The predicted octanol–water partition coefficient (Wildman–Crippen LogP) is -0.163. The average Bonchev–Trinajstić information content (AvgIpc) is 2.35. The van der Waals surface area contributed by atoms with Crippen LogP contribution in [0.1, 0.15) is 19.8 Å². The molecular formula is C13H22N2O5S. The Bertz CT molecular complexity index is 527. The third-order valence-corrected chi connectivity index (χ3v) is 5.79. The van der Waals surface area contributed by atoms with E-state index in [2.05, 4.69) is 0 Å². The fraction of sp³-hybridized carbons (Fsp3) is 0.846. The van der Waals surface area contributed by atoms with E-state index in [-0.39, 0.29) is 24.3 Å². The van der Waals surface area contributed by atoms with Gasteiger partial charge in [0.2, 0.25) is 15.9 Å². The number of amides is 1. The zero-order valence-electron chi connectivity index (χ0n) is 12.4. The summed E-state index contributed by atoms with van der Waals surface area (Å²) in [6.07, 6.45) is 2.54. The number of carboxylic acid groups (broad SMARTS) is 1. The number of hydrogen-bond acceptors (Lipinski definition) is 4. The lowest BCUT2D eigenvalue weighted by molar-refractivity contribution is -0.153. The van der Waals surface area contributed by atoms with Gasteiger partial charge >= 0.3 is 5.97 Å². The molecule has 2 fully saturated rings. The number of likely N-dealkylation sites (tertiary alicyclic amines) is 1. The maximum Gasteiger partial charge on any atom is 0.306 e. The van der Waals surface area contributed by atoms with E-state index in [9.17, 15) is 18.0 Å². The van der Waals surface area contributed by atoms with Crippen LogP contribution >= 0.6 is 0 Å². The number of rotatable bonds is 4. The van der Waals surface area contributed by atoms with Crippen LogP contribution in [-0.4, -0.2) is 67.0 Å². The summed E-state index contributed by atoms with van der Waals surface area (Å²) in [7, 11) is -3.26. The van der Waals surface area contributed by atoms with Gasteiger partial charge in [-0.15, -0.1) is 0 Å². The largest absolute Gasteiger partial charge is 0.481 e. The molecule has 0 aromatic heterocycles. The van der Waals surface area contributed by atoms with E-state index in [1.165, 1.54) is 4.31 Å². The molecule has 2 unspecified atom stereocenters. The van der Waals surface area contributed by atoms with Gasteiger partial charge in [-0.3, -0.25) is 9.59 Å². The molecular weight excluding hydrogens is 296 g/mol. The van der Waals surface area contributed by atoms with E-state index >= 15 is 0 Å². The second-order valence-electron chi connectivity index (χ2n) is 6.09. The Balaban J connectivity index is 1.89. The van der Waals surface area contributed by atoms with Gasteiger partial charge in [0, 0.05) is 32.1 Å². The van der Waals surface area contributed by atoms with Crippen LogP contribution in [0.25, 0.3) is 0 Å². The molecule has 0 aromatic rings. The molecule has 0 aliphatic carbocycles. The van der Waals surface area contributed by atoms with Crippen LogP contribution < -0.4 is 0 Å². The van der Waals surface area contributed by atoms with E-state index in [0.717, 1.165) is 6.26 Å². The van der Waals surface area contributed by atoms with Gasteiger partial charge in [0.05, 0.1) is 18.1 Å². The standard InChI is InChI=1S/C13H22N2O5S/c1-9(13(17)18)11-6-14(7-11)12(16)10-4-3-5-15(8-10)21(2,19)20/h9-11H,3-8H2,1-2H3,(H,17,18). The summed E-state index contributed by atoms with van der Waals surface area (Å²) in [5, 5.41) is 8.94. The van der Waals surface area contributed by atoms with Crippen molar-refractivity contribution >= 4 is 21.9 Å². The quantitative estimate of drug-likeness (QED) is 0.777. The molecule has 2 atom stereocenters. The van der Waals surface area contributed by atoms with Crippen LogP contribution in [0.3, 0.4) is 0 Å². The molecule has 1 amide bonds. The van der Waals surface area contributed by atoms with Gasteiger partial charge in [-0.2, -0.15) is 0 Å². The van der Waals surface area contributed by atoms with Gasteiger partial charge in [0.15, 0.2) is 0 Å². The second-order valence-corrected chi connectivity index (χ2v) is 8.07. The van der Waals surface area contributed by atoms with Crippen molar-refractivity contribution in [3.8, 4) is 0 Å². The third-order valence-electron chi connectivity index (χ3n) is 4.52. The predicted molar refractivity (Wildman–Crippen MR) is 76.0 cm³/mol. The van der Waals surface area contributed by atoms with Crippen molar-refractivity contribution in [3.05, 3.63) is 0 Å². The highest BCUT2D eigenvalue weighted by atomic mass is 32.2. The Morgan fingerprint density at radius 3 is 2.38 bits per heavy atom. The SMILES string of the molecule is CC(C(=O)O)C1CN(C(=O)C2CCCN(S(C)(=O)=O)C2)C1. The summed E-state index contributed by atoms with van der Waals surface area (Å²) < 4.78 is 24.5. The molecule has 2 heterocycles. The van der Waals surface area contributed by atoms with Crippen LogP contribution in [0.2, 0.25) is 0 Å². The molecule has 8 heteroatoms. The Morgan fingerprint density at radius 2 is 1.86 bits per heavy atom. The molecule has 0 spiro atoms. The maximum atomic E-state index is 12.3. The molecule has 2 saturated heterocycles. The molecule has 2 aliphatic heterocycles. The molecule has 2 rings (SSSR count). The molecule has 0 bridgehead atoms. The minimum Gasteiger partial charge on any atom is -0.481 e. The van der Waals surface area contributed by atoms with E-state index in [1.807, 2.05) is 0 Å². The molecule has 120 valence electrons. The van der Waals surface area contributed by atoms with E-state index in [4.69, 9.17) is 5.11 Å². The summed E-state index contributed by atoms with van der Waals surface area (Å²) in [6, 6.07) is 0. The van der Waals surface area contributed by atoms with Gasteiger partial charge in [-0.1, -0.05) is 6.92 Å². The number of aliphatic carboxylic acids is 1. The second kappa shape index (κ2) is 5.92. The molecule has 0 radical (unpaired) electrons. The van der Waals surface area contributed by atoms with Crippen molar-refractivity contribution < 1.29 is 23.1 Å². The lowest BCUT2D eigenvalue weighted by Crippen LogP contribution is -2.57. The Hall–Kier alpha value is -1.15. The molecule has 1 N–H and O–H groups in total. The number of piperidine rings is 1. The van der Waals surface area contributed by atoms with Crippen LogP contribution in [0.5, 0.6) is 0 Å². The number of carbonyl (C=O) groups is 2. The third kappa shape index (κ3) is 3.55. The maximum absolute atomic E-state index is 12.3. The summed E-state index contributed by atoms with van der Waals surface area (Å²) in [6.45, 7) is 3.29. The lowest BCUT2D eigenvalue weighted by atomic mass is 9.85. The van der Waals surface area contributed by atoms with Crippen LogP contribution in [0.15, 0.2) is 0 Å². The van der Waals surface area contributed by atoms with E-state index in [0.29, 0.717) is 32.5 Å². The van der Waals surface area contributed by atoms with E-state index < -0.39 is 21.9 Å². The Morgan fingerprint density at radius 1 is 1.24 bits per heavy atom. The highest BCUT2D eigenvalue weighted by Crippen LogP contribution is 2.28. The first-order chi connectivity index (χ1) is 9.70. The van der Waals surface area contributed by atoms with Crippen LogP contribution in [0.4, 0.5) is 0 Å². The van der Waals surface area contributed by atoms with Crippen molar-refractivity contribution in [1.29, 1.82) is 0 Å². The molecule has 2 aliphatic rings. The zero-order valence-corrected chi connectivity index (χ0v) is 13.2. The van der Waals surface area contributed by atoms with E-state index in [1.54, 1.807) is 11.8 Å². The van der Waals surface area contributed by atoms with Crippen LogP contribution in [-0.2, 0) is 19.6 Å². The van der Waals surface area contributed by atoms with Gasteiger partial charge in [0.25, 0.3) is 0 Å². The fourth-order valence-electron chi connectivity index (χ4n) is 2.91. The number of carboxylic acids is 1. The lowest BCUT2D eigenvalue weighted by Gasteiger charge is -2.44. The van der Waals surface area contributed by atoms with Crippen molar-refractivity contribution in [2.24, 2.45) is 17.8 Å². The van der Waals surface area contributed by atoms with Gasteiger partial charge < -0.3 is 10.0 Å². The highest BCUT2D eigenvalue weighted by Gasteiger charge is 2.40. The Kier molecular flexibility index (Phi) is 4.57. The monoisotopic (exact) mass is 318 g/mol. The topological polar surface area (TPSA) is 95.0 Å². The van der Waals surface area contributed by atoms with Crippen molar-refractivity contribution in [3.63, 3.8) is 0 Å². The average molecular weight is 318 g/mol. The van der Waals surface area contributed by atoms with Crippen molar-refractivity contribution in [2.75, 3.05) is 32.4 Å². The zero-order chi connectivity index (χ0) is 15.8. The minimum atomic E-state index is -3.26. The summed E-state index contributed by atoms with van der Waals surface area (Å²) in [5.74, 6) is -1.63. The fourth-order valence-corrected chi connectivity index (χ4v) is 3.83. The molecule has 21 heavy (non-hydrogen) atoms. The first-order valence-corrected chi connectivity index (χ1v) is 9.01. The molecule has 0 saturated carbocycles. The first-order valence-electron chi connectivity index (χ1n) is 7.17. The van der Waals surface area contributed by atoms with Crippen molar-refractivity contribution in [1.82, 2.24) is 9.21 Å². The number of carbonyl (C=O) groups excluding carboxylic acids is 1. The van der Waals surface area contributed by atoms with Gasteiger partial charge in [0.1, 0.15) is 0 Å². The molecule has 0 aromatic carbocycles. The number of sulfonamides is 1. The highest BCUT2D eigenvalue weighted by molar-refractivity contribution is 7.88. The normalized spacial score (nSPS) is 26.2. The Labute approximate surface area is 125 Å². The number of nitrogens with zero attached hydrogens (tertiary/aromatic N) is 2. The van der Waals surface area contributed by atoms with Gasteiger partial charge in [-0.05, 0) is 12.8 Å².